The lowest BCUT2D eigenvalue weighted by atomic mass is 9.89. The summed E-state index contributed by atoms with van der Waals surface area (Å²) in [7, 11) is 2.23. The molecular formula is C12H24N2O. The Morgan fingerprint density at radius 2 is 1.67 bits per heavy atom. The number of piperidine rings is 1. The molecule has 0 radical (unpaired) electrons. The van der Waals surface area contributed by atoms with Crippen LogP contribution in [0.3, 0.4) is 0 Å². The Balaban J connectivity index is 1.81. The zero-order chi connectivity index (χ0) is 10.7. The average Bonchev–Trinajstić information content (AvgIpc) is 2.30. The van der Waals surface area contributed by atoms with Crippen LogP contribution in [0.5, 0.6) is 0 Å². The first-order valence-electron chi connectivity index (χ1n) is 6.27. The molecule has 1 unspecified atom stereocenters. The first kappa shape index (κ1) is 11.4. The lowest BCUT2D eigenvalue weighted by Gasteiger charge is -2.40. The fourth-order valence-corrected chi connectivity index (χ4v) is 2.79. The number of ether oxygens (including phenoxy) is 1. The van der Waals surface area contributed by atoms with Gasteiger partial charge in [-0.3, -0.25) is 4.90 Å². The fourth-order valence-electron chi connectivity index (χ4n) is 2.79. The maximum absolute atomic E-state index is 5.40. The predicted octanol–water partition coefficient (Wildman–Crippen LogP) is 1.05. The maximum Gasteiger partial charge on any atom is 0.0594 e. The van der Waals surface area contributed by atoms with Crippen LogP contribution >= 0.6 is 0 Å². The normalized spacial score (nSPS) is 29.2. The second-order valence-corrected chi connectivity index (χ2v) is 5.03. The summed E-state index contributed by atoms with van der Waals surface area (Å²) < 4.78 is 5.40. The molecule has 0 aromatic rings. The maximum atomic E-state index is 5.40. The predicted molar refractivity (Wildman–Crippen MR) is 62.1 cm³/mol. The molecule has 2 aliphatic rings. The van der Waals surface area contributed by atoms with Gasteiger partial charge < -0.3 is 9.64 Å². The van der Waals surface area contributed by atoms with Gasteiger partial charge in [0, 0.05) is 19.1 Å². The molecule has 0 aliphatic carbocycles. The van der Waals surface area contributed by atoms with Crippen molar-refractivity contribution in [3.8, 4) is 0 Å². The lowest BCUT2D eigenvalue weighted by Crippen LogP contribution is -2.47. The number of likely N-dealkylation sites (tertiary alicyclic amines) is 1. The van der Waals surface area contributed by atoms with Crippen LogP contribution in [-0.4, -0.2) is 62.3 Å². The minimum absolute atomic E-state index is 0.752. The lowest BCUT2D eigenvalue weighted by molar-refractivity contribution is -0.000329. The second-order valence-electron chi connectivity index (χ2n) is 5.03. The third-order valence-electron chi connectivity index (χ3n) is 4.07. The van der Waals surface area contributed by atoms with Gasteiger partial charge >= 0.3 is 0 Å². The second kappa shape index (κ2) is 5.28. The Bertz CT molecular complexity index is 184. The van der Waals surface area contributed by atoms with Gasteiger partial charge in [-0.1, -0.05) is 0 Å². The first-order valence-corrected chi connectivity index (χ1v) is 6.27. The van der Waals surface area contributed by atoms with Crippen molar-refractivity contribution in [3.05, 3.63) is 0 Å². The van der Waals surface area contributed by atoms with E-state index in [2.05, 4.69) is 23.8 Å². The number of hydrogen-bond donors (Lipinski definition) is 0. The van der Waals surface area contributed by atoms with Crippen molar-refractivity contribution in [2.45, 2.75) is 25.8 Å². The summed E-state index contributed by atoms with van der Waals surface area (Å²) in [4.78, 5) is 5.06. The third kappa shape index (κ3) is 2.92. The van der Waals surface area contributed by atoms with Crippen LogP contribution in [0.15, 0.2) is 0 Å². The van der Waals surface area contributed by atoms with E-state index in [4.69, 9.17) is 4.74 Å². The van der Waals surface area contributed by atoms with Crippen molar-refractivity contribution < 1.29 is 4.74 Å². The Morgan fingerprint density at radius 3 is 2.27 bits per heavy atom. The molecule has 0 spiro atoms. The molecular weight excluding hydrogens is 188 g/mol. The Hall–Kier alpha value is -0.120. The van der Waals surface area contributed by atoms with Gasteiger partial charge in [0.05, 0.1) is 13.2 Å². The van der Waals surface area contributed by atoms with E-state index < -0.39 is 0 Å². The SMILES string of the molecule is CC(C1CCN(C)CC1)N1CCOCC1. The van der Waals surface area contributed by atoms with Crippen LogP contribution in [0.4, 0.5) is 0 Å². The molecule has 2 rings (SSSR count). The van der Waals surface area contributed by atoms with E-state index in [0.29, 0.717) is 0 Å². The van der Waals surface area contributed by atoms with Crippen LogP contribution in [0.25, 0.3) is 0 Å². The molecule has 2 aliphatic heterocycles. The smallest absolute Gasteiger partial charge is 0.0594 e. The summed E-state index contributed by atoms with van der Waals surface area (Å²) in [5.41, 5.74) is 0. The van der Waals surface area contributed by atoms with Crippen molar-refractivity contribution in [1.82, 2.24) is 9.80 Å². The van der Waals surface area contributed by atoms with Crippen LogP contribution in [-0.2, 0) is 4.74 Å². The minimum Gasteiger partial charge on any atom is -0.379 e. The molecule has 0 aromatic carbocycles. The monoisotopic (exact) mass is 212 g/mol. The molecule has 0 bridgehead atoms. The molecule has 3 heteroatoms. The quantitative estimate of drug-likeness (QED) is 0.680. The summed E-state index contributed by atoms with van der Waals surface area (Å²) in [6.07, 6.45) is 2.74. The number of rotatable bonds is 2. The van der Waals surface area contributed by atoms with E-state index >= 15 is 0 Å². The van der Waals surface area contributed by atoms with Crippen LogP contribution in [0.2, 0.25) is 0 Å². The van der Waals surface area contributed by atoms with Gasteiger partial charge in [-0.25, -0.2) is 0 Å². The van der Waals surface area contributed by atoms with Gasteiger partial charge in [-0.2, -0.15) is 0 Å². The number of hydrogen-bond acceptors (Lipinski definition) is 3. The summed E-state index contributed by atoms with van der Waals surface area (Å²) in [6.45, 7) is 9.08. The Morgan fingerprint density at radius 1 is 1.07 bits per heavy atom. The van der Waals surface area contributed by atoms with E-state index in [1.165, 1.54) is 25.9 Å². The molecule has 0 N–H and O–H groups in total. The zero-order valence-corrected chi connectivity index (χ0v) is 10.1. The summed E-state index contributed by atoms with van der Waals surface area (Å²) in [5, 5.41) is 0. The fraction of sp³-hybridized carbons (Fsp3) is 1.00. The Kier molecular flexibility index (Phi) is 4.00. The highest BCUT2D eigenvalue weighted by Crippen LogP contribution is 2.23. The van der Waals surface area contributed by atoms with Gasteiger partial charge in [0.2, 0.25) is 0 Å². The zero-order valence-electron chi connectivity index (χ0n) is 10.1. The van der Waals surface area contributed by atoms with Crippen LogP contribution in [0.1, 0.15) is 19.8 Å². The topological polar surface area (TPSA) is 15.7 Å². The molecule has 0 amide bonds. The highest BCUT2D eigenvalue weighted by atomic mass is 16.5. The van der Waals surface area contributed by atoms with E-state index in [0.717, 1.165) is 38.3 Å². The first-order chi connectivity index (χ1) is 7.27. The summed E-state index contributed by atoms with van der Waals surface area (Å²) in [5.74, 6) is 0.902. The van der Waals surface area contributed by atoms with Crippen molar-refractivity contribution in [1.29, 1.82) is 0 Å². The highest BCUT2D eigenvalue weighted by Gasteiger charge is 2.27. The largest absolute Gasteiger partial charge is 0.379 e. The standard InChI is InChI=1S/C12H24N2O/c1-11(14-7-9-15-10-8-14)12-3-5-13(2)6-4-12/h11-12H,3-10H2,1-2H3. The highest BCUT2D eigenvalue weighted by molar-refractivity contribution is 4.81. The number of nitrogens with zero attached hydrogens (tertiary/aromatic N) is 2. The van der Waals surface area contributed by atoms with Crippen LogP contribution < -0.4 is 0 Å². The van der Waals surface area contributed by atoms with Crippen molar-refractivity contribution >= 4 is 0 Å². The van der Waals surface area contributed by atoms with Crippen LogP contribution in [0, 0.1) is 5.92 Å². The molecule has 15 heavy (non-hydrogen) atoms. The van der Waals surface area contributed by atoms with Crippen molar-refractivity contribution in [2.24, 2.45) is 5.92 Å². The van der Waals surface area contributed by atoms with Crippen molar-refractivity contribution in [2.75, 3.05) is 46.4 Å². The van der Waals surface area contributed by atoms with E-state index in [-0.39, 0.29) is 0 Å². The summed E-state index contributed by atoms with van der Waals surface area (Å²) in [6, 6.07) is 0.752. The van der Waals surface area contributed by atoms with E-state index in [1.807, 2.05) is 0 Å². The van der Waals surface area contributed by atoms with Gasteiger partial charge in [-0.15, -0.1) is 0 Å². The molecule has 0 saturated carbocycles. The molecule has 2 saturated heterocycles. The summed E-state index contributed by atoms with van der Waals surface area (Å²) >= 11 is 0. The van der Waals surface area contributed by atoms with Gasteiger partial charge in [0.1, 0.15) is 0 Å². The molecule has 0 aromatic heterocycles. The molecule has 88 valence electrons. The van der Waals surface area contributed by atoms with E-state index in [1.54, 1.807) is 0 Å². The number of morpholine rings is 1. The molecule has 2 fully saturated rings. The third-order valence-corrected chi connectivity index (χ3v) is 4.07. The van der Waals surface area contributed by atoms with Gasteiger partial charge in [0.15, 0.2) is 0 Å². The average molecular weight is 212 g/mol. The Labute approximate surface area is 93.4 Å². The van der Waals surface area contributed by atoms with Gasteiger partial charge in [-0.05, 0) is 45.8 Å². The van der Waals surface area contributed by atoms with Gasteiger partial charge in [0.25, 0.3) is 0 Å². The van der Waals surface area contributed by atoms with E-state index in [9.17, 15) is 0 Å². The molecule has 1 atom stereocenters. The minimum atomic E-state index is 0.752. The molecule has 3 nitrogen and oxygen atoms in total. The molecule has 2 heterocycles. The van der Waals surface area contributed by atoms with Crippen molar-refractivity contribution in [3.63, 3.8) is 0 Å².